The van der Waals surface area contributed by atoms with Gasteiger partial charge in [-0.3, -0.25) is 4.72 Å². The summed E-state index contributed by atoms with van der Waals surface area (Å²) in [6.45, 7) is 0. The molecule has 10 heavy (non-hydrogen) atoms. The summed E-state index contributed by atoms with van der Waals surface area (Å²) >= 11 is 5.04. The zero-order valence-corrected chi connectivity index (χ0v) is 8.00. The van der Waals surface area contributed by atoms with E-state index in [4.69, 9.17) is 0 Å². The predicted molar refractivity (Wildman–Crippen MR) is 49.1 cm³/mol. The van der Waals surface area contributed by atoms with Crippen LogP contribution in [0.15, 0.2) is 33.6 Å². The van der Waals surface area contributed by atoms with Crippen LogP contribution in [-0.4, -0.2) is 7.05 Å². The van der Waals surface area contributed by atoms with Gasteiger partial charge in [-0.2, -0.15) is 0 Å². The Labute approximate surface area is 73.5 Å². The van der Waals surface area contributed by atoms with Crippen LogP contribution in [-0.2, 0) is 0 Å². The molecule has 54 valence electrons. The Morgan fingerprint density at radius 1 is 1.40 bits per heavy atom. The average Bonchev–Trinajstić information content (AvgIpc) is 1.94. The molecule has 3 heteroatoms. The van der Waals surface area contributed by atoms with Crippen molar-refractivity contribution in [1.29, 1.82) is 0 Å². The van der Waals surface area contributed by atoms with Gasteiger partial charge in [0, 0.05) is 9.37 Å². The monoisotopic (exact) mass is 217 g/mol. The van der Waals surface area contributed by atoms with E-state index in [1.165, 1.54) is 4.90 Å². The van der Waals surface area contributed by atoms with Crippen molar-refractivity contribution in [3.05, 3.63) is 28.7 Å². The van der Waals surface area contributed by atoms with Gasteiger partial charge in [0.25, 0.3) is 0 Å². The summed E-state index contributed by atoms with van der Waals surface area (Å²) in [7, 11) is 1.91. The zero-order chi connectivity index (χ0) is 7.40. The Morgan fingerprint density at radius 3 is 2.70 bits per heavy atom. The smallest absolute Gasteiger partial charge is 0.0370 e. The van der Waals surface area contributed by atoms with E-state index in [9.17, 15) is 0 Å². The molecule has 0 heterocycles. The van der Waals surface area contributed by atoms with Crippen molar-refractivity contribution in [2.75, 3.05) is 7.05 Å². The van der Waals surface area contributed by atoms with Gasteiger partial charge in [-0.05, 0) is 47.1 Å². The SMILES string of the molecule is CNSc1ccccc1Br. The quantitative estimate of drug-likeness (QED) is 0.766. The fourth-order valence-corrected chi connectivity index (χ4v) is 1.70. The van der Waals surface area contributed by atoms with Crippen LogP contribution in [0.1, 0.15) is 0 Å². The summed E-state index contributed by atoms with van der Waals surface area (Å²) in [5, 5.41) is 0. The Balaban J connectivity index is 2.81. The maximum atomic E-state index is 3.44. The van der Waals surface area contributed by atoms with Crippen LogP contribution in [0.25, 0.3) is 0 Å². The van der Waals surface area contributed by atoms with Crippen LogP contribution in [0.2, 0.25) is 0 Å². The first-order valence-corrected chi connectivity index (χ1v) is 4.53. The van der Waals surface area contributed by atoms with Crippen molar-refractivity contribution in [3.63, 3.8) is 0 Å². The van der Waals surface area contributed by atoms with Gasteiger partial charge >= 0.3 is 0 Å². The fourth-order valence-electron chi connectivity index (χ4n) is 0.637. The summed E-state index contributed by atoms with van der Waals surface area (Å²) in [5.74, 6) is 0. The van der Waals surface area contributed by atoms with Crippen molar-refractivity contribution >= 4 is 27.9 Å². The number of hydrogen-bond acceptors (Lipinski definition) is 2. The lowest BCUT2D eigenvalue weighted by Crippen LogP contribution is -1.90. The molecular formula is C7H8BrNS. The molecule has 1 rings (SSSR count). The minimum Gasteiger partial charge on any atom is -0.263 e. The van der Waals surface area contributed by atoms with E-state index in [0.29, 0.717) is 0 Å². The molecule has 1 N–H and O–H groups in total. The van der Waals surface area contributed by atoms with Crippen molar-refractivity contribution in [1.82, 2.24) is 4.72 Å². The van der Waals surface area contributed by atoms with Crippen molar-refractivity contribution < 1.29 is 0 Å². The lowest BCUT2D eigenvalue weighted by atomic mass is 10.4. The van der Waals surface area contributed by atoms with Gasteiger partial charge in [0.1, 0.15) is 0 Å². The third-order valence-corrected chi connectivity index (χ3v) is 2.78. The molecule has 0 spiro atoms. The van der Waals surface area contributed by atoms with E-state index in [1.807, 2.05) is 25.2 Å². The number of nitrogens with one attached hydrogen (secondary N) is 1. The molecule has 0 aliphatic rings. The molecule has 0 radical (unpaired) electrons. The number of hydrogen-bond donors (Lipinski definition) is 1. The molecule has 0 fully saturated rings. The molecule has 0 atom stereocenters. The molecule has 1 aromatic carbocycles. The molecule has 0 amide bonds. The third kappa shape index (κ3) is 2.01. The van der Waals surface area contributed by atoms with Crippen molar-refractivity contribution in [2.45, 2.75) is 4.90 Å². The summed E-state index contributed by atoms with van der Waals surface area (Å²) < 4.78 is 4.15. The van der Waals surface area contributed by atoms with Crippen LogP contribution >= 0.6 is 27.9 Å². The Morgan fingerprint density at radius 2 is 2.10 bits per heavy atom. The largest absolute Gasteiger partial charge is 0.263 e. The molecule has 0 saturated carbocycles. The Hall–Kier alpha value is 0.01000. The highest BCUT2D eigenvalue weighted by atomic mass is 79.9. The Bertz CT molecular complexity index is 215. The van der Waals surface area contributed by atoms with E-state index in [2.05, 4.69) is 26.7 Å². The first-order chi connectivity index (χ1) is 4.84. The van der Waals surface area contributed by atoms with Gasteiger partial charge in [-0.25, -0.2) is 0 Å². The maximum absolute atomic E-state index is 3.44. The van der Waals surface area contributed by atoms with Crippen LogP contribution in [0.4, 0.5) is 0 Å². The highest BCUT2D eigenvalue weighted by Crippen LogP contribution is 2.23. The third-order valence-electron chi connectivity index (χ3n) is 1.05. The van der Waals surface area contributed by atoms with E-state index < -0.39 is 0 Å². The van der Waals surface area contributed by atoms with Crippen molar-refractivity contribution in [2.24, 2.45) is 0 Å². The van der Waals surface area contributed by atoms with Crippen molar-refractivity contribution in [3.8, 4) is 0 Å². The standard InChI is InChI=1S/C7H8BrNS/c1-9-10-7-5-3-2-4-6(7)8/h2-5,9H,1H3. The second-order valence-corrected chi connectivity index (χ2v) is 3.64. The molecule has 0 bridgehead atoms. The van der Waals surface area contributed by atoms with E-state index in [1.54, 1.807) is 11.9 Å². The summed E-state index contributed by atoms with van der Waals surface area (Å²) in [4.78, 5) is 1.21. The van der Waals surface area contributed by atoms with Gasteiger partial charge in [0.15, 0.2) is 0 Å². The second-order valence-electron chi connectivity index (χ2n) is 1.74. The lowest BCUT2D eigenvalue weighted by molar-refractivity contribution is 1.27. The van der Waals surface area contributed by atoms with Gasteiger partial charge in [0.05, 0.1) is 0 Å². The molecule has 0 aromatic heterocycles. The normalized spacial score (nSPS) is 9.80. The van der Waals surface area contributed by atoms with E-state index in [0.717, 1.165) is 4.47 Å². The van der Waals surface area contributed by atoms with E-state index >= 15 is 0 Å². The lowest BCUT2D eigenvalue weighted by Gasteiger charge is -1.99. The molecule has 1 nitrogen and oxygen atoms in total. The molecule has 0 aliphatic heterocycles. The maximum Gasteiger partial charge on any atom is 0.0370 e. The van der Waals surface area contributed by atoms with Crippen LogP contribution in [0, 0.1) is 0 Å². The number of benzene rings is 1. The second kappa shape index (κ2) is 4.01. The minimum atomic E-state index is 1.13. The first kappa shape index (κ1) is 8.11. The molecule has 1 aromatic rings. The summed E-state index contributed by atoms with van der Waals surface area (Å²) in [6, 6.07) is 8.11. The summed E-state index contributed by atoms with van der Waals surface area (Å²) in [5.41, 5.74) is 0. The minimum absolute atomic E-state index is 1.13. The summed E-state index contributed by atoms with van der Waals surface area (Å²) in [6.07, 6.45) is 0. The van der Waals surface area contributed by atoms with Crippen LogP contribution in [0.5, 0.6) is 0 Å². The van der Waals surface area contributed by atoms with Gasteiger partial charge in [-0.1, -0.05) is 12.1 Å². The molecular weight excluding hydrogens is 210 g/mol. The highest BCUT2D eigenvalue weighted by molar-refractivity contribution is 9.10. The van der Waals surface area contributed by atoms with E-state index in [-0.39, 0.29) is 0 Å². The molecule has 0 unspecified atom stereocenters. The average molecular weight is 218 g/mol. The topological polar surface area (TPSA) is 12.0 Å². The molecule has 0 saturated heterocycles. The number of rotatable bonds is 2. The first-order valence-electron chi connectivity index (χ1n) is 2.92. The molecule has 0 aliphatic carbocycles. The highest BCUT2D eigenvalue weighted by Gasteiger charge is 1.94. The van der Waals surface area contributed by atoms with Crippen LogP contribution < -0.4 is 4.72 Å². The Kier molecular flexibility index (Phi) is 3.25. The van der Waals surface area contributed by atoms with Gasteiger partial charge in [-0.15, -0.1) is 0 Å². The van der Waals surface area contributed by atoms with Gasteiger partial charge < -0.3 is 0 Å². The van der Waals surface area contributed by atoms with Crippen LogP contribution in [0.3, 0.4) is 0 Å². The number of halogens is 1. The zero-order valence-electron chi connectivity index (χ0n) is 5.60. The predicted octanol–water partition coefficient (Wildman–Crippen LogP) is 2.68. The van der Waals surface area contributed by atoms with Gasteiger partial charge in [0.2, 0.25) is 0 Å². The fraction of sp³-hybridized carbons (Fsp3) is 0.143.